The lowest BCUT2D eigenvalue weighted by atomic mass is 9.89. The number of benzene rings is 2. The molecule has 41 heavy (non-hydrogen) atoms. The maximum absolute atomic E-state index is 15.2. The minimum absolute atomic E-state index is 0.129. The summed E-state index contributed by atoms with van der Waals surface area (Å²) in [5.74, 6) is -2.75. The molecule has 0 bridgehead atoms. The number of fused-ring (bicyclic) bond motifs is 1. The molecule has 2 aromatic heterocycles. The standard InChI is InChI=1S/C30H27FN4O5S/c1-29(2,3)40-28(39)34-22(27(37)38)16-24(36)32-18-9-10-19(20(31)15-18)25-33-21-11-12-23(35-26(21)41-25)30(13-14-30)17-7-5-4-6-8-17/h4-15,22H,16H2,1-3H3,(H,32,36)(H,34,39)(H,37,38)/t22-/m1/s1. The molecule has 1 aliphatic rings. The van der Waals surface area contributed by atoms with Crippen LogP contribution in [-0.4, -0.2) is 44.7 Å². The smallest absolute Gasteiger partial charge is 0.408 e. The van der Waals surface area contributed by atoms with Gasteiger partial charge < -0.3 is 20.5 Å². The second kappa shape index (κ2) is 10.7. The summed E-state index contributed by atoms with van der Waals surface area (Å²) in [5.41, 5.74) is 1.82. The van der Waals surface area contributed by atoms with Gasteiger partial charge >= 0.3 is 12.1 Å². The summed E-state index contributed by atoms with van der Waals surface area (Å²) in [6.45, 7) is 4.88. The second-order valence-corrected chi connectivity index (χ2v) is 11.6. The van der Waals surface area contributed by atoms with Crippen LogP contribution in [-0.2, 0) is 19.7 Å². The van der Waals surface area contributed by atoms with Gasteiger partial charge in [0.1, 0.15) is 32.8 Å². The average Bonchev–Trinajstić information content (AvgIpc) is 3.60. The summed E-state index contributed by atoms with van der Waals surface area (Å²) in [7, 11) is 0. The van der Waals surface area contributed by atoms with Crippen molar-refractivity contribution < 1.29 is 28.6 Å². The quantitative estimate of drug-likeness (QED) is 0.232. The van der Waals surface area contributed by atoms with Crippen molar-refractivity contribution >= 4 is 45.3 Å². The molecule has 4 aromatic rings. The number of pyridine rings is 1. The number of amides is 2. The summed E-state index contributed by atoms with van der Waals surface area (Å²) < 4.78 is 20.2. The number of carboxylic acid groups (broad SMARTS) is 1. The van der Waals surface area contributed by atoms with E-state index in [1.807, 2.05) is 30.3 Å². The van der Waals surface area contributed by atoms with Crippen LogP contribution in [0.4, 0.5) is 14.9 Å². The van der Waals surface area contributed by atoms with Crippen LogP contribution in [0.15, 0.2) is 72.8 Å². The van der Waals surface area contributed by atoms with E-state index in [1.54, 1.807) is 20.8 Å². The summed E-state index contributed by atoms with van der Waals surface area (Å²) in [6.07, 6.45) is 2.65. The van der Waals surface area contributed by atoms with Crippen LogP contribution in [0.1, 0.15) is 38.4 Å². The van der Waals surface area contributed by atoms with E-state index in [1.165, 1.54) is 23.5 Å². The molecule has 210 valence electrons. The van der Waals surface area contributed by atoms with E-state index < -0.39 is 41.9 Å². The first kappa shape index (κ1) is 27.9. The summed E-state index contributed by atoms with van der Waals surface area (Å²) in [5, 5.41) is 14.5. The average molecular weight is 575 g/mol. The number of halogens is 1. The SMILES string of the molecule is CC(C)(C)OC(=O)N[C@H](CC(=O)Nc1ccc(-c2nc3ccc(C4(c5ccccc5)C=C4)nc3s2)c(F)c1)C(=O)O. The van der Waals surface area contributed by atoms with Crippen molar-refractivity contribution in [3.05, 3.63) is 89.9 Å². The topological polar surface area (TPSA) is 131 Å². The Balaban J connectivity index is 1.28. The van der Waals surface area contributed by atoms with Gasteiger partial charge in [0.25, 0.3) is 0 Å². The third-order valence-corrected chi connectivity index (χ3v) is 7.29. The van der Waals surface area contributed by atoms with Crippen molar-refractivity contribution in [3.8, 4) is 10.6 Å². The number of nitrogens with zero attached hydrogens (tertiary/aromatic N) is 2. The van der Waals surface area contributed by atoms with Crippen LogP contribution >= 0.6 is 11.3 Å². The third kappa shape index (κ3) is 6.25. The van der Waals surface area contributed by atoms with E-state index in [0.29, 0.717) is 15.4 Å². The number of aliphatic carboxylic acids is 1. The number of hydrogen-bond acceptors (Lipinski definition) is 7. The zero-order valence-electron chi connectivity index (χ0n) is 22.5. The summed E-state index contributed by atoms with van der Waals surface area (Å²) in [4.78, 5) is 46.0. The molecule has 0 spiro atoms. The number of thiazole rings is 1. The summed E-state index contributed by atoms with van der Waals surface area (Å²) >= 11 is 1.26. The number of carboxylic acids is 1. The Labute approximate surface area is 239 Å². The van der Waals surface area contributed by atoms with Gasteiger partial charge in [-0.05, 0) is 56.7 Å². The Hall–Kier alpha value is -4.64. The number of ether oxygens (including phenoxy) is 1. The molecule has 2 aromatic carbocycles. The van der Waals surface area contributed by atoms with Crippen molar-refractivity contribution in [1.82, 2.24) is 15.3 Å². The van der Waals surface area contributed by atoms with Gasteiger partial charge in [-0.25, -0.2) is 23.9 Å². The van der Waals surface area contributed by atoms with Crippen molar-refractivity contribution in [2.75, 3.05) is 5.32 Å². The van der Waals surface area contributed by atoms with E-state index in [4.69, 9.17) is 9.72 Å². The van der Waals surface area contributed by atoms with E-state index in [2.05, 4.69) is 39.9 Å². The number of aromatic nitrogens is 2. The highest BCUT2D eigenvalue weighted by atomic mass is 32.1. The van der Waals surface area contributed by atoms with Gasteiger partial charge in [0, 0.05) is 11.3 Å². The molecule has 0 aliphatic heterocycles. The fourth-order valence-corrected chi connectivity index (χ4v) is 5.25. The molecule has 1 aliphatic carbocycles. The molecule has 2 amide bonds. The van der Waals surface area contributed by atoms with Gasteiger partial charge in [0.05, 0.1) is 17.5 Å². The molecule has 0 saturated carbocycles. The number of carbonyl (C=O) groups excluding carboxylic acids is 2. The zero-order valence-corrected chi connectivity index (χ0v) is 23.3. The predicted molar refractivity (Wildman–Crippen MR) is 153 cm³/mol. The lowest BCUT2D eigenvalue weighted by molar-refractivity contribution is -0.141. The van der Waals surface area contributed by atoms with Crippen LogP contribution in [0.2, 0.25) is 0 Å². The number of alkyl carbamates (subject to hydrolysis) is 1. The fourth-order valence-electron chi connectivity index (χ4n) is 4.28. The Morgan fingerprint density at radius 3 is 2.41 bits per heavy atom. The maximum atomic E-state index is 15.2. The Morgan fingerprint density at radius 2 is 1.78 bits per heavy atom. The molecular weight excluding hydrogens is 547 g/mol. The Bertz CT molecular complexity index is 1670. The van der Waals surface area contributed by atoms with Gasteiger partial charge in [-0.1, -0.05) is 53.8 Å². The zero-order chi connectivity index (χ0) is 29.4. The van der Waals surface area contributed by atoms with Crippen LogP contribution in [0.5, 0.6) is 0 Å². The van der Waals surface area contributed by atoms with Crippen LogP contribution in [0.3, 0.4) is 0 Å². The van der Waals surface area contributed by atoms with E-state index in [0.717, 1.165) is 17.3 Å². The molecule has 0 fully saturated rings. The maximum Gasteiger partial charge on any atom is 0.408 e. The molecule has 3 N–H and O–H groups in total. The molecule has 11 heteroatoms. The lowest BCUT2D eigenvalue weighted by Gasteiger charge is -2.21. The Kier molecular flexibility index (Phi) is 7.31. The fraction of sp³-hybridized carbons (Fsp3) is 0.233. The number of hydrogen-bond donors (Lipinski definition) is 3. The molecule has 1 atom stereocenters. The lowest BCUT2D eigenvalue weighted by Crippen LogP contribution is -2.45. The van der Waals surface area contributed by atoms with Crippen LogP contribution < -0.4 is 10.6 Å². The van der Waals surface area contributed by atoms with E-state index in [-0.39, 0.29) is 16.7 Å². The van der Waals surface area contributed by atoms with E-state index in [9.17, 15) is 19.5 Å². The molecule has 9 nitrogen and oxygen atoms in total. The second-order valence-electron chi connectivity index (χ2n) is 10.6. The highest BCUT2D eigenvalue weighted by molar-refractivity contribution is 7.21. The van der Waals surface area contributed by atoms with Crippen molar-refractivity contribution in [1.29, 1.82) is 0 Å². The van der Waals surface area contributed by atoms with Gasteiger partial charge in [0.2, 0.25) is 5.91 Å². The first-order valence-corrected chi connectivity index (χ1v) is 13.6. The molecule has 0 saturated heterocycles. The number of carbonyl (C=O) groups is 3. The van der Waals surface area contributed by atoms with Gasteiger partial charge in [-0.3, -0.25) is 4.79 Å². The predicted octanol–water partition coefficient (Wildman–Crippen LogP) is 5.66. The van der Waals surface area contributed by atoms with Crippen LogP contribution in [0, 0.1) is 5.82 Å². The largest absolute Gasteiger partial charge is 0.480 e. The molecular formula is C30H27FN4O5S. The van der Waals surface area contributed by atoms with Gasteiger partial charge in [-0.2, -0.15) is 0 Å². The highest BCUT2D eigenvalue weighted by Crippen LogP contribution is 2.45. The molecule has 0 radical (unpaired) electrons. The minimum atomic E-state index is -1.53. The number of nitrogens with one attached hydrogen (secondary N) is 2. The number of anilines is 1. The third-order valence-electron chi connectivity index (χ3n) is 6.29. The number of allylic oxidation sites excluding steroid dienone is 2. The van der Waals surface area contributed by atoms with Crippen molar-refractivity contribution in [3.63, 3.8) is 0 Å². The minimum Gasteiger partial charge on any atom is -0.480 e. The summed E-state index contributed by atoms with van der Waals surface area (Å²) in [6, 6.07) is 16.4. The van der Waals surface area contributed by atoms with Gasteiger partial charge in [-0.15, -0.1) is 0 Å². The van der Waals surface area contributed by atoms with Crippen LogP contribution in [0.25, 0.3) is 20.9 Å². The van der Waals surface area contributed by atoms with E-state index >= 15 is 4.39 Å². The molecule has 0 unspecified atom stereocenters. The number of rotatable bonds is 8. The normalized spacial score (nSPS) is 14.3. The van der Waals surface area contributed by atoms with Crippen molar-refractivity contribution in [2.24, 2.45) is 0 Å². The van der Waals surface area contributed by atoms with Gasteiger partial charge in [0.15, 0.2) is 0 Å². The Morgan fingerprint density at radius 1 is 1.05 bits per heavy atom. The van der Waals surface area contributed by atoms with Crippen molar-refractivity contribution in [2.45, 2.75) is 44.2 Å². The molecule has 2 heterocycles. The monoisotopic (exact) mass is 574 g/mol. The first-order valence-electron chi connectivity index (χ1n) is 12.8. The highest BCUT2D eigenvalue weighted by Gasteiger charge is 2.39. The molecule has 5 rings (SSSR count). The first-order chi connectivity index (χ1) is 19.4.